The Kier molecular flexibility index (Phi) is 3.93. The van der Waals surface area contributed by atoms with E-state index in [1.165, 1.54) is 58.0 Å². The van der Waals surface area contributed by atoms with Gasteiger partial charge in [0.25, 0.3) is 0 Å². The highest BCUT2D eigenvalue weighted by Crippen LogP contribution is 2.40. The van der Waals surface area contributed by atoms with Crippen LogP contribution in [0.3, 0.4) is 0 Å². The summed E-state index contributed by atoms with van der Waals surface area (Å²) in [6, 6.07) is 2.50. The van der Waals surface area contributed by atoms with Crippen molar-refractivity contribution in [3.63, 3.8) is 0 Å². The van der Waals surface area contributed by atoms with Crippen LogP contribution in [-0.2, 0) is 0 Å². The van der Waals surface area contributed by atoms with E-state index in [-0.39, 0.29) is 0 Å². The van der Waals surface area contributed by atoms with Gasteiger partial charge in [0, 0.05) is 36.0 Å². The SMILES string of the molecule is CSC1(CNC2CC(C)N(C3CC3)C2)CCCC1. The van der Waals surface area contributed by atoms with Crippen molar-refractivity contribution >= 4 is 11.8 Å². The molecule has 0 amide bonds. The lowest BCUT2D eigenvalue weighted by molar-refractivity contribution is 0.255. The molecule has 2 saturated carbocycles. The molecule has 3 aliphatic rings. The molecule has 3 fully saturated rings. The molecule has 1 saturated heterocycles. The van der Waals surface area contributed by atoms with Crippen molar-refractivity contribution < 1.29 is 0 Å². The van der Waals surface area contributed by atoms with Gasteiger partial charge in [0.05, 0.1) is 0 Å². The van der Waals surface area contributed by atoms with Crippen molar-refractivity contribution in [1.29, 1.82) is 0 Å². The number of rotatable bonds is 5. The molecule has 0 bridgehead atoms. The van der Waals surface area contributed by atoms with E-state index in [9.17, 15) is 0 Å². The Bertz CT molecular complexity index is 284. The summed E-state index contributed by atoms with van der Waals surface area (Å²) in [6.45, 7) is 4.96. The van der Waals surface area contributed by atoms with Crippen molar-refractivity contribution in [3.05, 3.63) is 0 Å². The minimum absolute atomic E-state index is 0.566. The van der Waals surface area contributed by atoms with Gasteiger partial charge in [0.2, 0.25) is 0 Å². The molecule has 2 unspecified atom stereocenters. The number of hydrogen-bond donors (Lipinski definition) is 1. The maximum Gasteiger partial charge on any atom is 0.0281 e. The molecule has 2 atom stereocenters. The summed E-state index contributed by atoms with van der Waals surface area (Å²) < 4.78 is 0.566. The molecule has 3 rings (SSSR count). The van der Waals surface area contributed by atoms with Crippen molar-refractivity contribution in [2.45, 2.75) is 74.7 Å². The van der Waals surface area contributed by atoms with Gasteiger partial charge in [-0.25, -0.2) is 0 Å². The molecule has 0 aromatic heterocycles. The highest BCUT2D eigenvalue weighted by atomic mass is 32.2. The highest BCUT2D eigenvalue weighted by Gasteiger charge is 2.40. The Balaban J connectivity index is 1.48. The van der Waals surface area contributed by atoms with Crippen LogP contribution in [0.1, 0.15) is 51.9 Å². The van der Waals surface area contributed by atoms with E-state index >= 15 is 0 Å². The van der Waals surface area contributed by atoms with Gasteiger partial charge in [0.1, 0.15) is 0 Å². The number of likely N-dealkylation sites (tertiary alicyclic amines) is 1. The molecule has 0 aromatic rings. The quantitative estimate of drug-likeness (QED) is 0.825. The number of nitrogens with one attached hydrogen (secondary N) is 1. The van der Waals surface area contributed by atoms with Gasteiger partial charge in [-0.1, -0.05) is 12.8 Å². The molecule has 2 aliphatic carbocycles. The normalized spacial score (nSPS) is 36.3. The lowest BCUT2D eigenvalue weighted by atomic mass is 10.1. The second-order valence-corrected chi connectivity index (χ2v) is 7.96. The first-order chi connectivity index (χ1) is 8.72. The Morgan fingerprint density at radius 1 is 1.28 bits per heavy atom. The second kappa shape index (κ2) is 5.34. The van der Waals surface area contributed by atoms with E-state index in [2.05, 4.69) is 35.2 Å². The van der Waals surface area contributed by atoms with Gasteiger partial charge in [-0.3, -0.25) is 4.90 Å². The summed E-state index contributed by atoms with van der Waals surface area (Å²) >= 11 is 2.11. The Morgan fingerprint density at radius 3 is 2.61 bits per heavy atom. The first kappa shape index (κ1) is 13.3. The van der Waals surface area contributed by atoms with Gasteiger partial charge in [-0.15, -0.1) is 0 Å². The predicted octanol–water partition coefficient (Wildman–Crippen LogP) is 2.88. The molecule has 0 radical (unpaired) electrons. The first-order valence-corrected chi connectivity index (χ1v) is 8.99. The van der Waals surface area contributed by atoms with Crippen LogP contribution in [0.5, 0.6) is 0 Å². The minimum atomic E-state index is 0.566. The molecule has 104 valence electrons. The van der Waals surface area contributed by atoms with Crippen LogP contribution in [0.25, 0.3) is 0 Å². The number of thioether (sulfide) groups is 1. The van der Waals surface area contributed by atoms with E-state index in [1.54, 1.807) is 0 Å². The number of nitrogens with zero attached hydrogens (tertiary/aromatic N) is 1. The molecule has 2 nitrogen and oxygen atoms in total. The first-order valence-electron chi connectivity index (χ1n) is 7.77. The monoisotopic (exact) mass is 268 g/mol. The molecule has 0 spiro atoms. The molecule has 1 aliphatic heterocycles. The fraction of sp³-hybridized carbons (Fsp3) is 1.00. The largest absolute Gasteiger partial charge is 0.311 e. The highest BCUT2D eigenvalue weighted by molar-refractivity contribution is 8.00. The summed E-state index contributed by atoms with van der Waals surface area (Å²) in [5, 5.41) is 3.90. The minimum Gasteiger partial charge on any atom is -0.311 e. The van der Waals surface area contributed by atoms with Crippen LogP contribution < -0.4 is 5.32 Å². The fourth-order valence-electron chi connectivity index (χ4n) is 3.92. The van der Waals surface area contributed by atoms with Crippen molar-refractivity contribution in [2.75, 3.05) is 19.3 Å². The zero-order chi connectivity index (χ0) is 12.6. The van der Waals surface area contributed by atoms with Crippen LogP contribution >= 0.6 is 11.8 Å². The van der Waals surface area contributed by atoms with Gasteiger partial charge in [0.15, 0.2) is 0 Å². The van der Waals surface area contributed by atoms with E-state index in [4.69, 9.17) is 0 Å². The van der Waals surface area contributed by atoms with Gasteiger partial charge < -0.3 is 5.32 Å². The summed E-state index contributed by atoms with van der Waals surface area (Å²) in [7, 11) is 0. The van der Waals surface area contributed by atoms with Crippen molar-refractivity contribution in [1.82, 2.24) is 10.2 Å². The van der Waals surface area contributed by atoms with Gasteiger partial charge >= 0.3 is 0 Å². The fourth-order valence-corrected chi connectivity index (χ4v) is 4.85. The maximum atomic E-state index is 3.90. The molecular formula is C15H28N2S. The van der Waals surface area contributed by atoms with Gasteiger partial charge in [-0.2, -0.15) is 11.8 Å². The Morgan fingerprint density at radius 2 is 2.00 bits per heavy atom. The lowest BCUT2D eigenvalue weighted by Crippen LogP contribution is -2.42. The summed E-state index contributed by atoms with van der Waals surface area (Å²) in [4.78, 5) is 2.75. The second-order valence-electron chi connectivity index (χ2n) is 6.68. The number of hydrogen-bond acceptors (Lipinski definition) is 3. The molecule has 0 aromatic carbocycles. The van der Waals surface area contributed by atoms with E-state index in [0.717, 1.165) is 18.1 Å². The van der Waals surface area contributed by atoms with E-state index in [1.807, 2.05) is 0 Å². The third-order valence-electron chi connectivity index (χ3n) is 5.30. The average molecular weight is 268 g/mol. The van der Waals surface area contributed by atoms with Crippen LogP contribution in [-0.4, -0.2) is 47.1 Å². The van der Waals surface area contributed by atoms with Crippen molar-refractivity contribution in [2.24, 2.45) is 0 Å². The zero-order valence-corrected chi connectivity index (χ0v) is 12.8. The average Bonchev–Trinajstić information content (AvgIpc) is 2.99. The van der Waals surface area contributed by atoms with Crippen LogP contribution in [0.4, 0.5) is 0 Å². The summed E-state index contributed by atoms with van der Waals surface area (Å²) in [5.74, 6) is 0. The molecule has 3 heteroatoms. The molecule has 1 heterocycles. The Labute approximate surface area is 116 Å². The third kappa shape index (κ3) is 2.73. The van der Waals surface area contributed by atoms with E-state index in [0.29, 0.717) is 4.75 Å². The van der Waals surface area contributed by atoms with Crippen molar-refractivity contribution in [3.8, 4) is 0 Å². The van der Waals surface area contributed by atoms with E-state index < -0.39 is 0 Å². The van der Waals surface area contributed by atoms with Gasteiger partial charge in [-0.05, 0) is 45.3 Å². The topological polar surface area (TPSA) is 15.3 Å². The molecule has 18 heavy (non-hydrogen) atoms. The van der Waals surface area contributed by atoms with Crippen LogP contribution in [0.15, 0.2) is 0 Å². The molecular weight excluding hydrogens is 240 g/mol. The third-order valence-corrected chi connectivity index (χ3v) is 6.72. The van der Waals surface area contributed by atoms with Crippen LogP contribution in [0.2, 0.25) is 0 Å². The predicted molar refractivity (Wildman–Crippen MR) is 80.3 cm³/mol. The summed E-state index contributed by atoms with van der Waals surface area (Å²) in [5.41, 5.74) is 0. The smallest absolute Gasteiger partial charge is 0.0281 e. The maximum absolute atomic E-state index is 3.90. The molecule has 1 N–H and O–H groups in total. The summed E-state index contributed by atoms with van der Waals surface area (Å²) in [6.07, 6.45) is 12.3. The Hall–Kier alpha value is 0.270. The zero-order valence-electron chi connectivity index (χ0n) is 12.0. The van der Waals surface area contributed by atoms with Crippen LogP contribution in [0, 0.1) is 0 Å². The lowest BCUT2D eigenvalue weighted by Gasteiger charge is -2.29. The standard InChI is InChI=1S/C15H28N2S/c1-12-9-13(10-17(12)14-5-6-14)16-11-15(18-2)7-3-4-8-15/h12-14,16H,3-11H2,1-2H3.